The Morgan fingerprint density at radius 3 is 2.79 bits per heavy atom. The maximum absolute atomic E-state index is 5.61. The summed E-state index contributed by atoms with van der Waals surface area (Å²) >= 11 is 0. The molecule has 2 rings (SSSR count). The normalized spacial score (nSPS) is 19.9. The van der Waals surface area contributed by atoms with Crippen molar-refractivity contribution in [3.63, 3.8) is 0 Å². The molecule has 2 aliphatic rings. The van der Waals surface area contributed by atoms with E-state index in [1.165, 1.54) is 12.8 Å². The van der Waals surface area contributed by atoms with Crippen molar-refractivity contribution in [3.05, 3.63) is 12.2 Å². The molecule has 4 heteroatoms. The first-order valence-corrected chi connectivity index (χ1v) is 7.66. The van der Waals surface area contributed by atoms with Crippen LogP contribution >= 0.6 is 0 Å². The van der Waals surface area contributed by atoms with Crippen molar-refractivity contribution in [3.8, 4) is 0 Å². The molecule has 0 heterocycles. The predicted octanol–water partition coefficient (Wildman–Crippen LogP) is 2.08. The van der Waals surface area contributed by atoms with Crippen LogP contribution in [-0.4, -0.2) is 38.3 Å². The summed E-state index contributed by atoms with van der Waals surface area (Å²) in [6.07, 6.45) is 10.4. The average Bonchev–Trinajstić information content (AvgIpc) is 3.09. The Morgan fingerprint density at radius 2 is 2.11 bits per heavy atom. The minimum Gasteiger partial charge on any atom is -0.381 e. The van der Waals surface area contributed by atoms with Gasteiger partial charge in [-0.15, -0.1) is 0 Å². The van der Waals surface area contributed by atoms with E-state index >= 15 is 0 Å². The number of hydrogen-bond acceptors (Lipinski definition) is 2. The van der Waals surface area contributed by atoms with Gasteiger partial charge in [-0.05, 0) is 44.9 Å². The van der Waals surface area contributed by atoms with E-state index < -0.39 is 0 Å². The average molecular weight is 265 g/mol. The second-order valence-electron chi connectivity index (χ2n) is 5.42. The lowest BCUT2D eigenvalue weighted by Gasteiger charge is -2.16. The second kappa shape index (κ2) is 8.20. The molecule has 0 bridgehead atoms. The highest BCUT2D eigenvalue weighted by Gasteiger charge is 2.20. The number of aliphatic imine (C=N–C) groups is 1. The molecule has 0 spiro atoms. The Hall–Kier alpha value is -1.03. The van der Waals surface area contributed by atoms with Crippen LogP contribution < -0.4 is 10.6 Å². The van der Waals surface area contributed by atoms with Crippen LogP contribution in [0.4, 0.5) is 0 Å². The van der Waals surface area contributed by atoms with Crippen LogP contribution in [0.5, 0.6) is 0 Å². The fourth-order valence-corrected chi connectivity index (χ4v) is 2.14. The largest absolute Gasteiger partial charge is 0.381 e. The van der Waals surface area contributed by atoms with E-state index in [4.69, 9.17) is 4.74 Å². The van der Waals surface area contributed by atoms with Crippen LogP contribution in [-0.2, 0) is 4.74 Å². The van der Waals surface area contributed by atoms with Crippen molar-refractivity contribution >= 4 is 5.96 Å². The topological polar surface area (TPSA) is 45.7 Å². The maximum Gasteiger partial charge on any atom is 0.191 e. The molecule has 0 amide bonds. The monoisotopic (exact) mass is 265 g/mol. The Bertz CT molecular complexity index is 303. The first-order chi connectivity index (χ1) is 9.38. The SMILES string of the molecule is CCNC(=NCCCOCC1CC1)NC1CC=CC1. The minimum atomic E-state index is 0.518. The van der Waals surface area contributed by atoms with Gasteiger partial charge in [-0.3, -0.25) is 4.99 Å². The Morgan fingerprint density at radius 1 is 1.32 bits per heavy atom. The van der Waals surface area contributed by atoms with Gasteiger partial charge in [0.15, 0.2) is 5.96 Å². The zero-order chi connectivity index (χ0) is 13.3. The zero-order valence-corrected chi connectivity index (χ0v) is 12.0. The summed E-state index contributed by atoms with van der Waals surface area (Å²) in [6.45, 7) is 5.63. The summed E-state index contributed by atoms with van der Waals surface area (Å²) in [5.74, 6) is 1.80. The molecule has 0 radical (unpaired) electrons. The van der Waals surface area contributed by atoms with E-state index in [0.29, 0.717) is 6.04 Å². The maximum atomic E-state index is 5.61. The summed E-state index contributed by atoms with van der Waals surface area (Å²) in [7, 11) is 0. The van der Waals surface area contributed by atoms with Crippen LogP contribution in [0, 0.1) is 5.92 Å². The molecule has 2 aliphatic carbocycles. The molecular weight excluding hydrogens is 238 g/mol. The third-order valence-electron chi connectivity index (χ3n) is 3.46. The molecule has 1 saturated carbocycles. The summed E-state index contributed by atoms with van der Waals surface area (Å²) in [4.78, 5) is 4.60. The van der Waals surface area contributed by atoms with Crippen molar-refractivity contribution < 1.29 is 4.74 Å². The van der Waals surface area contributed by atoms with Gasteiger partial charge in [0.05, 0.1) is 0 Å². The van der Waals surface area contributed by atoms with Gasteiger partial charge in [-0.25, -0.2) is 0 Å². The van der Waals surface area contributed by atoms with E-state index in [9.17, 15) is 0 Å². The van der Waals surface area contributed by atoms with Crippen molar-refractivity contribution in [1.29, 1.82) is 0 Å². The molecule has 19 heavy (non-hydrogen) atoms. The zero-order valence-electron chi connectivity index (χ0n) is 12.0. The van der Waals surface area contributed by atoms with E-state index in [2.05, 4.69) is 34.7 Å². The van der Waals surface area contributed by atoms with Crippen LogP contribution in [0.15, 0.2) is 17.1 Å². The van der Waals surface area contributed by atoms with Gasteiger partial charge in [0.2, 0.25) is 0 Å². The highest BCUT2D eigenvalue weighted by Crippen LogP contribution is 2.28. The van der Waals surface area contributed by atoms with Crippen LogP contribution in [0.1, 0.15) is 39.0 Å². The first kappa shape index (κ1) is 14.4. The molecule has 108 valence electrons. The lowest BCUT2D eigenvalue weighted by Crippen LogP contribution is -2.42. The summed E-state index contributed by atoms with van der Waals surface area (Å²) < 4.78 is 5.61. The summed E-state index contributed by atoms with van der Waals surface area (Å²) in [6, 6.07) is 0.518. The number of hydrogen-bond donors (Lipinski definition) is 2. The van der Waals surface area contributed by atoms with Gasteiger partial charge in [-0.2, -0.15) is 0 Å². The van der Waals surface area contributed by atoms with Crippen LogP contribution in [0.3, 0.4) is 0 Å². The lowest BCUT2D eigenvalue weighted by atomic mass is 10.2. The highest BCUT2D eigenvalue weighted by atomic mass is 16.5. The van der Waals surface area contributed by atoms with Gasteiger partial charge in [0.1, 0.15) is 0 Å². The minimum absolute atomic E-state index is 0.518. The Balaban J connectivity index is 1.57. The van der Waals surface area contributed by atoms with E-state index in [-0.39, 0.29) is 0 Å². The molecule has 0 aromatic rings. The number of rotatable bonds is 8. The van der Waals surface area contributed by atoms with E-state index in [1.54, 1.807) is 0 Å². The quantitative estimate of drug-likeness (QED) is 0.306. The molecule has 2 N–H and O–H groups in total. The smallest absolute Gasteiger partial charge is 0.191 e. The van der Waals surface area contributed by atoms with Gasteiger partial charge < -0.3 is 15.4 Å². The second-order valence-corrected chi connectivity index (χ2v) is 5.42. The number of nitrogens with zero attached hydrogens (tertiary/aromatic N) is 1. The van der Waals surface area contributed by atoms with Gasteiger partial charge in [0.25, 0.3) is 0 Å². The molecule has 1 fully saturated rings. The standard InChI is InChI=1S/C15H27N3O/c1-2-16-15(18-14-6-3-4-7-14)17-10-5-11-19-12-13-8-9-13/h3-4,13-14H,2,5-12H2,1H3,(H2,16,17,18). The molecule has 4 nitrogen and oxygen atoms in total. The first-order valence-electron chi connectivity index (χ1n) is 7.66. The number of guanidine groups is 1. The third-order valence-corrected chi connectivity index (χ3v) is 3.46. The third kappa shape index (κ3) is 6.10. The Labute approximate surface area is 116 Å². The highest BCUT2D eigenvalue weighted by molar-refractivity contribution is 5.80. The molecule has 0 saturated heterocycles. The predicted molar refractivity (Wildman–Crippen MR) is 79.4 cm³/mol. The lowest BCUT2D eigenvalue weighted by molar-refractivity contribution is 0.123. The van der Waals surface area contributed by atoms with Gasteiger partial charge in [-0.1, -0.05) is 12.2 Å². The molecule has 0 unspecified atom stereocenters. The van der Waals surface area contributed by atoms with Crippen LogP contribution in [0.2, 0.25) is 0 Å². The van der Waals surface area contributed by atoms with Crippen LogP contribution in [0.25, 0.3) is 0 Å². The van der Waals surface area contributed by atoms with Crippen molar-refractivity contribution in [2.24, 2.45) is 10.9 Å². The molecule has 0 aromatic carbocycles. The number of ether oxygens (including phenoxy) is 1. The number of nitrogens with one attached hydrogen (secondary N) is 2. The van der Waals surface area contributed by atoms with E-state index in [0.717, 1.165) is 57.4 Å². The van der Waals surface area contributed by atoms with Gasteiger partial charge >= 0.3 is 0 Å². The van der Waals surface area contributed by atoms with Crippen molar-refractivity contribution in [1.82, 2.24) is 10.6 Å². The molecule has 0 aromatic heterocycles. The van der Waals surface area contributed by atoms with Crippen molar-refractivity contribution in [2.45, 2.75) is 45.1 Å². The molecular formula is C15H27N3O. The van der Waals surface area contributed by atoms with E-state index in [1.807, 2.05) is 0 Å². The fraction of sp³-hybridized carbons (Fsp3) is 0.800. The molecule has 0 atom stereocenters. The van der Waals surface area contributed by atoms with Gasteiger partial charge in [0, 0.05) is 32.3 Å². The summed E-state index contributed by atoms with van der Waals surface area (Å²) in [5.41, 5.74) is 0. The fourth-order valence-electron chi connectivity index (χ4n) is 2.14. The molecule has 0 aliphatic heterocycles. The van der Waals surface area contributed by atoms with Crippen molar-refractivity contribution in [2.75, 3.05) is 26.3 Å². The Kier molecular flexibility index (Phi) is 6.21. The summed E-state index contributed by atoms with van der Waals surface area (Å²) in [5, 5.41) is 6.77.